The predicted octanol–water partition coefficient (Wildman–Crippen LogP) is 0.647. The maximum atomic E-state index is 13.1. The average molecular weight is 333 g/mol. The third-order valence-corrected chi connectivity index (χ3v) is 2.59. The highest BCUT2D eigenvalue weighted by molar-refractivity contribution is 9.10. The number of primary amides is 1. The van der Waals surface area contributed by atoms with Gasteiger partial charge in [-0.3, -0.25) is 9.59 Å². The van der Waals surface area contributed by atoms with Gasteiger partial charge in [-0.05, 0) is 18.2 Å². The number of carboxylic acid groups (broad SMARTS) is 1. The van der Waals surface area contributed by atoms with Crippen LogP contribution in [0.15, 0.2) is 22.7 Å². The van der Waals surface area contributed by atoms with E-state index in [9.17, 15) is 18.8 Å². The van der Waals surface area contributed by atoms with Crippen LogP contribution in [-0.2, 0) is 9.59 Å². The van der Waals surface area contributed by atoms with Crippen molar-refractivity contribution in [2.75, 3.05) is 0 Å². The van der Waals surface area contributed by atoms with Crippen molar-refractivity contribution < 1.29 is 23.9 Å². The first-order chi connectivity index (χ1) is 8.79. The summed E-state index contributed by atoms with van der Waals surface area (Å²) in [6.45, 7) is 0. The van der Waals surface area contributed by atoms with Crippen molar-refractivity contribution in [1.82, 2.24) is 5.32 Å². The fourth-order valence-corrected chi connectivity index (χ4v) is 1.79. The summed E-state index contributed by atoms with van der Waals surface area (Å²) in [5.74, 6) is -3.73. The van der Waals surface area contributed by atoms with Crippen molar-refractivity contribution in [3.8, 4) is 0 Å². The van der Waals surface area contributed by atoms with E-state index in [0.717, 1.165) is 12.1 Å². The van der Waals surface area contributed by atoms with E-state index >= 15 is 0 Å². The third-order valence-electron chi connectivity index (χ3n) is 2.13. The molecule has 0 aliphatic carbocycles. The van der Waals surface area contributed by atoms with Crippen molar-refractivity contribution in [3.63, 3.8) is 0 Å². The Hall–Kier alpha value is -1.96. The lowest BCUT2D eigenvalue weighted by molar-refractivity contribution is -0.140. The monoisotopic (exact) mass is 332 g/mol. The molecule has 0 bridgehead atoms. The summed E-state index contributed by atoms with van der Waals surface area (Å²) in [7, 11) is 0. The molecule has 0 fully saturated rings. The van der Waals surface area contributed by atoms with E-state index in [1.165, 1.54) is 6.07 Å². The Morgan fingerprint density at radius 3 is 2.47 bits per heavy atom. The van der Waals surface area contributed by atoms with E-state index in [-0.39, 0.29) is 5.56 Å². The molecular weight excluding hydrogens is 323 g/mol. The molecule has 2 amide bonds. The minimum atomic E-state index is -1.45. The molecule has 1 unspecified atom stereocenters. The molecule has 1 rings (SSSR count). The van der Waals surface area contributed by atoms with Crippen LogP contribution in [0.25, 0.3) is 0 Å². The number of halogens is 2. The molecule has 19 heavy (non-hydrogen) atoms. The Labute approximate surface area is 115 Å². The van der Waals surface area contributed by atoms with Crippen LogP contribution in [0.2, 0.25) is 0 Å². The standard InChI is InChI=1S/C11H10BrFN2O4/c12-6-1-5(2-7(13)3-6)10(17)15-8(11(18)19)4-9(14)16/h1-3,8H,4H2,(H2,14,16)(H,15,17)(H,18,19). The smallest absolute Gasteiger partial charge is 0.326 e. The molecule has 0 heterocycles. The van der Waals surface area contributed by atoms with Gasteiger partial charge in [0.2, 0.25) is 5.91 Å². The van der Waals surface area contributed by atoms with Crippen LogP contribution in [0, 0.1) is 5.82 Å². The van der Waals surface area contributed by atoms with Gasteiger partial charge in [-0.1, -0.05) is 15.9 Å². The molecule has 0 saturated heterocycles. The number of carbonyl (C=O) groups is 3. The van der Waals surface area contributed by atoms with Gasteiger partial charge in [0.15, 0.2) is 0 Å². The second-order valence-corrected chi connectivity index (χ2v) is 4.61. The number of hydrogen-bond donors (Lipinski definition) is 3. The van der Waals surface area contributed by atoms with Crippen molar-refractivity contribution in [3.05, 3.63) is 34.1 Å². The lowest BCUT2D eigenvalue weighted by Gasteiger charge is -2.13. The Balaban J connectivity index is 2.87. The molecule has 0 aliphatic rings. The quantitative estimate of drug-likeness (QED) is 0.735. The number of nitrogens with one attached hydrogen (secondary N) is 1. The molecule has 0 aliphatic heterocycles. The molecule has 0 aromatic heterocycles. The Morgan fingerprint density at radius 1 is 1.37 bits per heavy atom. The summed E-state index contributed by atoms with van der Waals surface area (Å²) in [5, 5.41) is 10.9. The van der Waals surface area contributed by atoms with Crippen LogP contribution in [0.3, 0.4) is 0 Å². The van der Waals surface area contributed by atoms with Gasteiger partial charge in [0, 0.05) is 10.0 Å². The summed E-state index contributed by atoms with van der Waals surface area (Å²) in [4.78, 5) is 33.2. The fourth-order valence-electron chi connectivity index (χ4n) is 1.33. The van der Waals surface area contributed by atoms with Crippen LogP contribution in [0.4, 0.5) is 4.39 Å². The first-order valence-electron chi connectivity index (χ1n) is 5.07. The molecule has 0 saturated carbocycles. The summed E-state index contributed by atoms with van der Waals surface area (Å²) in [6, 6.07) is 1.96. The topological polar surface area (TPSA) is 109 Å². The van der Waals surface area contributed by atoms with Gasteiger partial charge in [-0.2, -0.15) is 0 Å². The average Bonchev–Trinajstić information content (AvgIpc) is 2.25. The zero-order chi connectivity index (χ0) is 14.6. The number of amides is 2. The van der Waals surface area contributed by atoms with Gasteiger partial charge in [0.25, 0.3) is 5.91 Å². The summed E-state index contributed by atoms with van der Waals surface area (Å²) >= 11 is 3.01. The number of carbonyl (C=O) groups excluding carboxylic acids is 2. The van der Waals surface area contributed by atoms with E-state index in [4.69, 9.17) is 10.8 Å². The molecule has 102 valence electrons. The number of aliphatic carboxylic acids is 1. The fraction of sp³-hybridized carbons (Fsp3) is 0.182. The zero-order valence-corrected chi connectivity index (χ0v) is 11.1. The van der Waals surface area contributed by atoms with Crippen molar-refractivity contribution in [2.24, 2.45) is 5.73 Å². The van der Waals surface area contributed by atoms with Gasteiger partial charge in [0.1, 0.15) is 11.9 Å². The SMILES string of the molecule is NC(=O)CC(NC(=O)c1cc(F)cc(Br)c1)C(=O)O. The molecule has 0 spiro atoms. The highest BCUT2D eigenvalue weighted by atomic mass is 79.9. The molecule has 1 atom stereocenters. The molecule has 0 radical (unpaired) electrons. The van der Waals surface area contributed by atoms with Crippen LogP contribution in [0.5, 0.6) is 0 Å². The summed E-state index contributed by atoms with van der Waals surface area (Å²) in [6.07, 6.45) is -0.544. The predicted molar refractivity (Wildman–Crippen MR) is 66.8 cm³/mol. The van der Waals surface area contributed by atoms with Gasteiger partial charge >= 0.3 is 5.97 Å². The highest BCUT2D eigenvalue weighted by Crippen LogP contribution is 2.15. The van der Waals surface area contributed by atoms with Gasteiger partial charge < -0.3 is 16.2 Å². The number of nitrogens with two attached hydrogens (primary N) is 1. The molecular formula is C11H10BrFN2O4. The second-order valence-electron chi connectivity index (χ2n) is 3.69. The van der Waals surface area contributed by atoms with E-state index in [2.05, 4.69) is 21.2 Å². The van der Waals surface area contributed by atoms with Crippen LogP contribution >= 0.6 is 15.9 Å². The molecule has 8 heteroatoms. The third kappa shape index (κ3) is 4.66. The Morgan fingerprint density at radius 2 is 2.00 bits per heavy atom. The highest BCUT2D eigenvalue weighted by Gasteiger charge is 2.23. The Kier molecular flexibility index (Phi) is 4.99. The minimum absolute atomic E-state index is 0.0670. The summed E-state index contributed by atoms with van der Waals surface area (Å²) < 4.78 is 13.4. The van der Waals surface area contributed by atoms with Crippen LogP contribution in [-0.4, -0.2) is 28.9 Å². The number of rotatable bonds is 5. The van der Waals surface area contributed by atoms with Crippen molar-refractivity contribution >= 4 is 33.7 Å². The number of carboxylic acids is 1. The van der Waals surface area contributed by atoms with Gasteiger partial charge in [-0.15, -0.1) is 0 Å². The number of hydrogen-bond acceptors (Lipinski definition) is 3. The normalized spacial score (nSPS) is 11.7. The molecule has 1 aromatic rings. The first kappa shape index (κ1) is 15.1. The van der Waals surface area contributed by atoms with Gasteiger partial charge in [-0.25, -0.2) is 9.18 Å². The molecule has 4 N–H and O–H groups in total. The van der Waals surface area contributed by atoms with Crippen LogP contribution in [0.1, 0.15) is 16.8 Å². The van der Waals surface area contributed by atoms with E-state index in [0.29, 0.717) is 4.47 Å². The maximum Gasteiger partial charge on any atom is 0.326 e. The van der Waals surface area contributed by atoms with Crippen molar-refractivity contribution in [2.45, 2.75) is 12.5 Å². The largest absolute Gasteiger partial charge is 0.480 e. The van der Waals surface area contributed by atoms with E-state index < -0.39 is 36.1 Å². The van der Waals surface area contributed by atoms with Gasteiger partial charge in [0.05, 0.1) is 6.42 Å². The van der Waals surface area contributed by atoms with E-state index in [1.807, 2.05) is 0 Å². The lowest BCUT2D eigenvalue weighted by Crippen LogP contribution is -2.43. The Bertz CT molecular complexity index is 515. The molecule has 1 aromatic carbocycles. The minimum Gasteiger partial charge on any atom is -0.480 e. The lowest BCUT2D eigenvalue weighted by atomic mass is 10.1. The zero-order valence-electron chi connectivity index (χ0n) is 9.52. The van der Waals surface area contributed by atoms with Crippen LogP contribution < -0.4 is 11.1 Å². The molecule has 6 nitrogen and oxygen atoms in total. The maximum absolute atomic E-state index is 13.1. The first-order valence-corrected chi connectivity index (χ1v) is 5.87. The summed E-state index contributed by atoms with van der Waals surface area (Å²) in [5.41, 5.74) is 4.81. The second kappa shape index (κ2) is 6.28. The van der Waals surface area contributed by atoms with Crippen molar-refractivity contribution in [1.29, 1.82) is 0 Å². The number of benzene rings is 1. The van der Waals surface area contributed by atoms with E-state index in [1.54, 1.807) is 0 Å².